The number of anilines is 2. The van der Waals surface area contributed by atoms with E-state index in [1.165, 1.54) is 6.92 Å². The van der Waals surface area contributed by atoms with Crippen molar-refractivity contribution in [1.82, 2.24) is 0 Å². The van der Waals surface area contributed by atoms with Crippen LogP contribution in [0.4, 0.5) is 16.2 Å². The number of urea groups is 1. The maximum atomic E-state index is 12.1. The first-order valence-electron chi connectivity index (χ1n) is 8.28. The van der Waals surface area contributed by atoms with Gasteiger partial charge in [-0.25, -0.2) is 4.79 Å². The Morgan fingerprint density at radius 3 is 2.04 bits per heavy atom. The summed E-state index contributed by atoms with van der Waals surface area (Å²) in [6.45, 7) is 1.32. The Labute approximate surface area is 156 Å². The number of hydrogen-bond donors (Lipinski definition) is 2. The number of esters is 1. The van der Waals surface area contributed by atoms with E-state index in [-0.39, 0.29) is 0 Å². The molecule has 0 radical (unpaired) electrons. The molecule has 0 aliphatic rings. The average molecular weight is 362 g/mol. The van der Waals surface area contributed by atoms with Gasteiger partial charge in [0.25, 0.3) is 0 Å². The third-order valence-electron chi connectivity index (χ3n) is 3.44. The molecule has 3 rings (SSSR count). The molecule has 0 aromatic heterocycles. The summed E-state index contributed by atoms with van der Waals surface area (Å²) in [6, 6.07) is 22.6. The molecule has 2 amide bonds. The molecule has 0 fully saturated rings. The number of rotatable bonds is 5. The highest BCUT2D eigenvalue weighted by Crippen LogP contribution is 2.23. The molecule has 0 saturated carbocycles. The van der Waals surface area contributed by atoms with Crippen molar-refractivity contribution in [2.45, 2.75) is 6.92 Å². The first-order valence-corrected chi connectivity index (χ1v) is 8.28. The number of amides is 2. The number of carbonyl (C=O) groups is 2. The van der Waals surface area contributed by atoms with E-state index in [1.807, 2.05) is 30.3 Å². The van der Waals surface area contributed by atoms with Gasteiger partial charge in [-0.1, -0.05) is 24.3 Å². The minimum atomic E-state index is -0.422. The van der Waals surface area contributed by atoms with E-state index in [0.29, 0.717) is 22.9 Å². The van der Waals surface area contributed by atoms with Gasteiger partial charge in [0.2, 0.25) is 0 Å². The normalized spacial score (nSPS) is 9.96. The maximum absolute atomic E-state index is 12.1. The number of hydrogen-bond acceptors (Lipinski definition) is 4. The molecule has 2 N–H and O–H groups in total. The second kappa shape index (κ2) is 8.53. The standard InChI is InChI=1S/C21H18N2O4/c1-15(24)26-20-9-5-6-17(14-20)23-21(25)22-16-10-12-19(13-11-16)27-18-7-3-2-4-8-18/h2-14H,1H3,(H2,22,23,25). The van der Waals surface area contributed by atoms with Crippen LogP contribution in [-0.4, -0.2) is 12.0 Å². The largest absolute Gasteiger partial charge is 0.457 e. The Morgan fingerprint density at radius 2 is 1.33 bits per heavy atom. The van der Waals surface area contributed by atoms with Crippen LogP contribution in [0.1, 0.15) is 6.92 Å². The van der Waals surface area contributed by atoms with Gasteiger partial charge in [0.15, 0.2) is 0 Å². The number of nitrogens with one attached hydrogen (secondary N) is 2. The minimum absolute atomic E-state index is 0.364. The van der Waals surface area contributed by atoms with Gasteiger partial charge in [-0.15, -0.1) is 0 Å². The molecule has 0 saturated heterocycles. The predicted molar refractivity (Wildman–Crippen MR) is 103 cm³/mol. The molecule has 136 valence electrons. The van der Waals surface area contributed by atoms with Crippen LogP contribution in [0.5, 0.6) is 17.2 Å². The second-order valence-electron chi connectivity index (χ2n) is 5.64. The first-order chi connectivity index (χ1) is 13.1. The summed E-state index contributed by atoms with van der Waals surface area (Å²) in [5, 5.41) is 5.41. The maximum Gasteiger partial charge on any atom is 0.323 e. The zero-order chi connectivity index (χ0) is 19.1. The van der Waals surface area contributed by atoms with E-state index in [4.69, 9.17) is 9.47 Å². The summed E-state index contributed by atoms with van der Waals surface area (Å²) in [4.78, 5) is 23.1. The van der Waals surface area contributed by atoms with Crippen molar-refractivity contribution < 1.29 is 19.1 Å². The molecular weight excluding hydrogens is 344 g/mol. The highest BCUT2D eigenvalue weighted by molar-refractivity contribution is 5.99. The van der Waals surface area contributed by atoms with E-state index in [0.717, 1.165) is 5.75 Å². The van der Waals surface area contributed by atoms with Gasteiger partial charge in [0.1, 0.15) is 17.2 Å². The van der Waals surface area contributed by atoms with E-state index >= 15 is 0 Å². The smallest absolute Gasteiger partial charge is 0.323 e. The predicted octanol–water partition coefficient (Wildman–Crippen LogP) is 5.05. The van der Waals surface area contributed by atoms with Crippen LogP contribution < -0.4 is 20.1 Å². The molecule has 0 bridgehead atoms. The van der Waals surface area contributed by atoms with Crippen molar-refractivity contribution >= 4 is 23.4 Å². The Hall–Kier alpha value is -3.80. The van der Waals surface area contributed by atoms with Gasteiger partial charge in [0.05, 0.1) is 0 Å². The van der Waals surface area contributed by atoms with Crippen LogP contribution in [0.15, 0.2) is 78.9 Å². The fourth-order valence-electron chi connectivity index (χ4n) is 2.33. The SMILES string of the molecule is CC(=O)Oc1cccc(NC(=O)Nc2ccc(Oc3ccccc3)cc2)c1. The molecule has 27 heavy (non-hydrogen) atoms. The van der Waals surface area contributed by atoms with E-state index in [9.17, 15) is 9.59 Å². The molecule has 0 aliphatic heterocycles. The van der Waals surface area contributed by atoms with E-state index < -0.39 is 12.0 Å². The molecule has 0 aliphatic carbocycles. The zero-order valence-electron chi connectivity index (χ0n) is 14.6. The number of para-hydroxylation sites is 1. The lowest BCUT2D eigenvalue weighted by molar-refractivity contribution is -0.131. The zero-order valence-corrected chi connectivity index (χ0v) is 14.6. The van der Waals surface area contributed by atoms with Gasteiger partial charge in [-0.3, -0.25) is 4.79 Å². The molecule has 0 atom stereocenters. The van der Waals surface area contributed by atoms with Gasteiger partial charge in [-0.05, 0) is 48.5 Å². The topological polar surface area (TPSA) is 76.7 Å². The van der Waals surface area contributed by atoms with Crippen LogP contribution in [0, 0.1) is 0 Å². The molecule has 6 nitrogen and oxygen atoms in total. The third-order valence-corrected chi connectivity index (χ3v) is 3.44. The highest BCUT2D eigenvalue weighted by atomic mass is 16.5. The van der Waals surface area contributed by atoms with Crippen LogP contribution in [0.2, 0.25) is 0 Å². The van der Waals surface area contributed by atoms with Gasteiger partial charge < -0.3 is 20.1 Å². The molecule has 3 aromatic carbocycles. The Balaban J connectivity index is 1.57. The van der Waals surface area contributed by atoms with Gasteiger partial charge in [-0.2, -0.15) is 0 Å². The van der Waals surface area contributed by atoms with Crippen molar-refractivity contribution in [2.75, 3.05) is 10.6 Å². The summed E-state index contributed by atoms with van der Waals surface area (Å²) in [6.07, 6.45) is 0. The quantitative estimate of drug-likeness (QED) is 0.492. The van der Waals surface area contributed by atoms with Crippen LogP contribution in [0.3, 0.4) is 0 Å². The lowest BCUT2D eigenvalue weighted by Crippen LogP contribution is -2.19. The number of carbonyl (C=O) groups excluding carboxylic acids is 2. The van der Waals surface area contributed by atoms with Crippen molar-refractivity contribution in [3.63, 3.8) is 0 Å². The molecule has 0 heterocycles. The van der Waals surface area contributed by atoms with Crippen LogP contribution in [0.25, 0.3) is 0 Å². The van der Waals surface area contributed by atoms with E-state index in [1.54, 1.807) is 48.5 Å². The Morgan fingerprint density at radius 1 is 0.704 bits per heavy atom. The van der Waals surface area contributed by atoms with Crippen molar-refractivity contribution in [3.8, 4) is 17.2 Å². The highest BCUT2D eigenvalue weighted by Gasteiger charge is 2.05. The monoisotopic (exact) mass is 362 g/mol. The Kier molecular flexibility index (Phi) is 5.69. The lowest BCUT2D eigenvalue weighted by atomic mass is 10.3. The lowest BCUT2D eigenvalue weighted by Gasteiger charge is -2.10. The molecule has 3 aromatic rings. The van der Waals surface area contributed by atoms with Crippen molar-refractivity contribution in [1.29, 1.82) is 0 Å². The van der Waals surface area contributed by atoms with Crippen molar-refractivity contribution in [2.24, 2.45) is 0 Å². The minimum Gasteiger partial charge on any atom is -0.457 e. The first kappa shape index (κ1) is 18.0. The van der Waals surface area contributed by atoms with Crippen LogP contribution in [-0.2, 0) is 4.79 Å². The van der Waals surface area contributed by atoms with E-state index in [2.05, 4.69) is 10.6 Å². The summed E-state index contributed by atoms with van der Waals surface area (Å²) < 4.78 is 10.7. The second-order valence-corrected chi connectivity index (χ2v) is 5.64. The van der Waals surface area contributed by atoms with Crippen molar-refractivity contribution in [3.05, 3.63) is 78.9 Å². The molecule has 0 unspecified atom stereocenters. The summed E-state index contributed by atoms with van der Waals surface area (Å²) in [5.41, 5.74) is 1.12. The summed E-state index contributed by atoms with van der Waals surface area (Å²) in [5.74, 6) is 1.35. The van der Waals surface area contributed by atoms with Gasteiger partial charge >= 0.3 is 12.0 Å². The molecular formula is C21H18N2O4. The summed E-state index contributed by atoms with van der Waals surface area (Å²) in [7, 11) is 0. The fourth-order valence-corrected chi connectivity index (χ4v) is 2.33. The molecule has 0 spiro atoms. The average Bonchev–Trinajstić information content (AvgIpc) is 2.64. The molecule has 6 heteroatoms. The number of ether oxygens (including phenoxy) is 2. The third kappa shape index (κ3) is 5.61. The summed E-state index contributed by atoms with van der Waals surface area (Å²) >= 11 is 0. The fraction of sp³-hybridized carbons (Fsp3) is 0.0476. The van der Waals surface area contributed by atoms with Crippen LogP contribution >= 0.6 is 0 Å². The van der Waals surface area contributed by atoms with Gasteiger partial charge in [0, 0.05) is 24.4 Å². The Bertz CT molecular complexity index is 924. The number of benzene rings is 3.